The quantitative estimate of drug-likeness (QED) is 0.793. The molecule has 0 N–H and O–H groups in total. The zero-order chi connectivity index (χ0) is 14.3. The number of hydrogen-bond donors (Lipinski definition) is 0. The van der Waals surface area contributed by atoms with Crippen molar-refractivity contribution in [1.29, 1.82) is 0 Å². The summed E-state index contributed by atoms with van der Waals surface area (Å²) in [6.45, 7) is 3.91. The maximum atomic E-state index is 11.5. The van der Waals surface area contributed by atoms with E-state index in [0.717, 1.165) is 17.5 Å². The molecular weight excluding hydrogens is 260 g/mol. The van der Waals surface area contributed by atoms with Crippen molar-refractivity contribution in [1.82, 2.24) is 0 Å². The van der Waals surface area contributed by atoms with Gasteiger partial charge in [0.2, 0.25) is 0 Å². The molecule has 1 heterocycles. The molecule has 0 fully saturated rings. The highest BCUT2D eigenvalue weighted by molar-refractivity contribution is 7.89. The van der Waals surface area contributed by atoms with Crippen LogP contribution in [0.3, 0.4) is 0 Å². The van der Waals surface area contributed by atoms with Crippen LogP contribution < -0.4 is 4.90 Å². The lowest BCUT2D eigenvalue weighted by Gasteiger charge is -2.29. The first kappa shape index (κ1) is 13.8. The summed E-state index contributed by atoms with van der Waals surface area (Å²) in [5, 5.41) is 0. The van der Waals surface area contributed by atoms with Crippen LogP contribution in [0.5, 0.6) is 0 Å². The van der Waals surface area contributed by atoms with Crippen molar-refractivity contribution in [2.24, 2.45) is 9.81 Å². The van der Waals surface area contributed by atoms with Gasteiger partial charge in [-0.3, -0.25) is 0 Å². The molecule has 5 heteroatoms. The number of nitrogens with zero attached hydrogens (tertiary/aromatic N) is 2. The van der Waals surface area contributed by atoms with Crippen LogP contribution in [0.2, 0.25) is 0 Å². The van der Waals surface area contributed by atoms with Crippen LogP contribution in [-0.4, -0.2) is 27.6 Å². The first-order valence-electron chi connectivity index (χ1n) is 6.03. The van der Waals surface area contributed by atoms with Gasteiger partial charge < -0.3 is 4.90 Å². The summed E-state index contributed by atoms with van der Waals surface area (Å²) in [7, 11) is -1.59. The molecule has 0 amide bonds. The molecule has 0 aliphatic carbocycles. The topological polar surface area (TPSA) is 49.7 Å². The maximum absolute atomic E-state index is 11.5. The number of anilines is 1. The van der Waals surface area contributed by atoms with E-state index in [1.54, 1.807) is 0 Å². The molecule has 0 atom stereocenters. The van der Waals surface area contributed by atoms with E-state index in [0.29, 0.717) is 5.84 Å². The lowest BCUT2D eigenvalue weighted by molar-refractivity contribution is 0.601. The normalized spacial score (nSPS) is 20.2. The van der Waals surface area contributed by atoms with Gasteiger partial charge >= 0.3 is 0 Å². The fourth-order valence-corrected chi connectivity index (χ4v) is 2.86. The summed E-state index contributed by atoms with van der Waals surface area (Å²) in [6.07, 6.45) is 5.11. The second kappa shape index (κ2) is 4.49. The van der Waals surface area contributed by atoms with Gasteiger partial charge in [0.1, 0.15) is 5.84 Å². The van der Waals surface area contributed by atoms with Gasteiger partial charge in [-0.2, -0.15) is 0 Å². The zero-order valence-electron chi connectivity index (χ0n) is 11.6. The van der Waals surface area contributed by atoms with Crippen molar-refractivity contribution in [2.75, 3.05) is 18.2 Å². The molecule has 0 aromatic heterocycles. The highest BCUT2D eigenvalue weighted by Crippen LogP contribution is 2.33. The monoisotopic (exact) mass is 278 g/mol. The minimum atomic E-state index is -3.43. The lowest BCUT2D eigenvalue weighted by atomic mass is 9.91. The Hall–Kier alpha value is -1.62. The molecule has 2 rings (SSSR count). The van der Waals surface area contributed by atoms with Crippen LogP contribution in [0.15, 0.2) is 34.7 Å². The van der Waals surface area contributed by atoms with Gasteiger partial charge in [-0.15, -0.1) is 4.40 Å². The number of sulfonamides is 1. The predicted molar refractivity (Wildman–Crippen MR) is 79.9 cm³/mol. The Morgan fingerprint density at radius 3 is 2.47 bits per heavy atom. The Morgan fingerprint density at radius 1 is 1.21 bits per heavy atom. The van der Waals surface area contributed by atoms with E-state index in [1.807, 2.05) is 62.2 Å². The molecular formula is C14H18N2O2S. The maximum Gasteiger partial charge on any atom is 0.251 e. The molecule has 4 nitrogen and oxygen atoms in total. The summed E-state index contributed by atoms with van der Waals surface area (Å²) in [5.74, 6) is 0.524. The Kier molecular flexibility index (Phi) is 3.26. The molecule has 0 saturated heterocycles. The van der Waals surface area contributed by atoms with Gasteiger partial charge in [0.25, 0.3) is 10.0 Å². The van der Waals surface area contributed by atoms with Crippen molar-refractivity contribution >= 4 is 27.6 Å². The van der Waals surface area contributed by atoms with E-state index >= 15 is 0 Å². The molecule has 0 bridgehead atoms. The number of fused-ring (bicyclic) bond motifs is 1. The van der Waals surface area contributed by atoms with E-state index in [9.17, 15) is 8.42 Å². The highest BCUT2D eigenvalue weighted by Gasteiger charge is 2.30. The molecule has 1 aliphatic rings. The summed E-state index contributed by atoms with van der Waals surface area (Å²) in [5.41, 5.74) is 1.56. The van der Waals surface area contributed by atoms with Crippen LogP contribution in [0.25, 0.3) is 6.08 Å². The Labute approximate surface area is 114 Å². The second-order valence-corrected chi connectivity index (χ2v) is 6.97. The molecule has 0 spiro atoms. The van der Waals surface area contributed by atoms with Crippen molar-refractivity contribution in [2.45, 2.75) is 13.8 Å². The van der Waals surface area contributed by atoms with E-state index in [-0.39, 0.29) is 0 Å². The standard InChI is InChI=1S/C14H18N2O2S/c1-14(2)10-9-11-7-5-6-8-12(11)16(3)13(14)15-19(4,17)18/h5-10H,1-4H3/b15-13-. The average molecular weight is 278 g/mol. The Morgan fingerprint density at radius 2 is 1.84 bits per heavy atom. The van der Waals surface area contributed by atoms with Gasteiger partial charge in [-0.05, 0) is 25.5 Å². The fraction of sp³-hybridized carbons (Fsp3) is 0.357. The molecule has 102 valence electrons. The Balaban J connectivity index is 2.68. The minimum absolute atomic E-state index is 0.448. The third kappa shape index (κ3) is 2.87. The van der Waals surface area contributed by atoms with Gasteiger partial charge in [0.05, 0.1) is 6.26 Å². The SMILES string of the molecule is CN1/C(=N\S(C)(=O)=O)C(C)(C)C=Cc2ccccc21. The van der Waals surface area contributed by atoms with E-state index in [4.69, 9.17) is 0 Å². The molecule has 0 unspecified atom stereocenters. The number of hydrogen-bond acceptors (Lipinski definition) is 2. The largest absolute Gasteiger partial charge is 0.331 e. The first-order chi connectivity index (χ1) is 8.71. The van der Waals surface area contributed by atoms with Gasteiger partial charge in [-0.25, -0.2) is 8.42 Å². The van der Waals surface area contributed by atoms with Crippen LogP contribution in [-0.2, 0) is 10.0 Å². The lowest BCUT2D eigenvalue weighted by Crippen LogP contribution is -2.37. The van der Waals surface area contributed by atoms with Crippen LogP contribution in [0, 0.1) is 5.41 Å². The summed E-state index contributed by atoms with van der Waals surface area (Å²) >= 11 is 0. The molecule has 19 heavy (non-hydrogen) atoms. The highest BCUT2D eigenvalue weighted by atomic mass is 32.2. The predicted octanol–water partition coefficient (Wildman–Crippen LogP) is 2.53. The van der Waals surface area contributed by atoms with Crippen LogP contribution >= 0.6 is 0 Å². The van der Waals surface area contributed by atoms with Gasteiger partial charge in [-0.1, -0.05) is 30.4 Å². The van der Waals surface area contributed by atoms with Crippen LogP contribution in [0.4, 0.5) is 5.69 Å². The number of para-hydroxylation sites is 1. The number of rotatable bonds is 1. The summed E-state index contributed by atoms with van der Waals surface area (Å²) < 4.78 is 27.0. The summed E-state index contributed by atoms with van der Waals surface area (Å²) in [6, 6.07) is 7.85. The second-order valence-electron chi connectivity index (χ2n) is 5.32. The van der Waals surface area contributed by atoms with E-state index < -0.39 is 15.4 Å². The van der Waals surface area contributed by atoms with E-state index in [2.05, 4.69) is 4.40 Å². The molecule has 1 aliphatic heterocycles. The average Bonchev–Trinajstić information content (AvgIpc) is 2.39. The van der Waals surface area contributed by atoms with Crippen molar-refractivity contribution < 1.29 is 8.42 Å². The third-order valence-electron chi connectivity index (χ3n) is 3.12. The number of amidine groups is 1. The summed E-state index contributed by atoms with van der Waals surface area (Å²) in [4.78, 5) is 1.84. The van der Waals surface area contributed by atoms with Gasteiger partial charge in [0.15, 0.2) is 0 Å². The zero-order valence-corrected chi connectivity index (χ0v) is 12.4. The van der Waals surface area contributed by atoms with E-state index in [1.165, 1.54) is 0 Å². The van der Waals surface area contributed by atoms with Crippen molar-refractivity contribution in [3.8, 4) is 0 Å². The smallest absolute Gasteiger partial charge is 0.251 e. The molecule has 1 aromatic rings. The molecule has 0 radical (unpaired) electrons. The number of benzene rings is 1. The Bertz CT molecular complexity index is 658. The fourth-order valence-electron chi connectivity index (χ4n) is 2.19. The minimum Gasteiger partial charge on any atom is -0.331 e. The van der Waals surface area contributed by atoms with Crippen molar-refractivity contribution in [3.63, 3.8) is 0 Å². The van der Waals surface area contributed by atoms with Gasteiger partial charge in [0, 0.05) is 18.2 Å². The molecule has 0 saturated carbocycles. The van der Waals surface area contributed by atoms with Crippen molar-refractivity contribution in [3.05, 3.63) is 35.9 Å². The third-order valence-corrected chi connectivity index (χ3v) is 3.63. The first-order valence-corrected chi connectivity index (χ1v) is 7.88. The molecule has 1 aromatic carbocycles. The van der Waals surface area contributed by atoms with Crippen LogP contribution in [0.1, 0.15) is 19.4 Å².